The Kier molecular flexibility index (Phi) is 4.63. The first-order valence-corrected chi connectivity index (χ1v) is 8.23. The van der Waals surface area contributed by atoms with Crippen molar-refractivity contribution in [2.24, 2.45) is 0 Å². The smallest absolute Gasteiger partial charge is 0.223 e. The van der Waals surface area contributed by atoms with Crippen LogP contribution in [0, 0.1) is 0 Å². The van der Waals surface area contributed by atoms with Gasteiger partial charge in [-0.25, -0.2) is 0 Å². The third kappa shape index (κ3) is 3.60. The second kappa shape index (κ2) is 6.83. The second-order valence-electron chi connectivity index (χ2n) is 5.30. The van der Waals surface area contributed by atoms with Crippen molar-refractivity contribution in [3.63, 3.8) is 0 Å². The number of rotatable bonds is 6. The average molecular weight is 317 g/mol. The molecular formula is C17H19NO3S. The van der Waals surface area contributed by atoms with Crippen molar-refractivity contribution in [2.75, 3.05) is 20.2 Å². The first-order chi connectivity index (χ1) is 10.7. The third-order valence-corrected chi connectivity index (χ3v) is 4.65. The molecule has 1 amide bonds. The van der Waals surface area contributed by atoms with Crippen LogP contribution in [-0.4, -0.2) is 37.1 Å². The van der Waals surface area contributed by atoms with Crippen LogP contribution < -0.4 is 9.47 Å². The lowest BCUT2D eigenvalue weighted by molar-refractivity contribution is -0.139. The summed E-state index contributed by atoms with van der Waals surface area (Å²) in [6.45, 7) is 1.33. The molecule has 22 heavy (non-hydrogen) atoms. The van der Waals surface area contributed by atoms with Crippen molar-refractivity contribution in [1.29, 1.82) is 0 Å². The van der Waals surface area contributed by atoms with E-state index in [4.69, 9.17) is 9.47 Å². The number of amides is 1. The van der Waals surface area contributed by atoms with Gasteiger partial charge in [0, 0.05) is 17.4 Å². The zero-order chi connectivity index (χ0) is 15.4. The second-order valence-corrected chi connectivity index (χ2v) is 6.33. The number of carbonyl (C=O) groups is 1. The van der Waals surface area contributed by atoms with Crippen molar-refractivity contribution >= 4 is 17.2 Å². The molecule has 2 heterocycles. The summed E-state index contributed by atoms with van der Waals surface area (Å²) in [6, 6.07) is 11.6. The van der Waals surface area contributed by atoms with Gasteiger partial charge in [0.05, 0.1) is 20.2 Å². The monoisotopic (exact) mass is 317 g/mol. The molecule has 0 saturated carbocycles. The van der Waals surface area contributed by atoms with E-state index in [9.17, 15) is 4.79 Å². The van der Waals surface area contributed by atoms with Crippen molar-refractivity contribution < 1.29 is 14.3 Å². The Bertz CT molecular complexity index is 621. The van der Waals surface area contributed by atoms with Crippen LogP contribution in [0.15, 0.2) is 41.8 Å². The molecule has 0 N–H and O–H groups in total. The number of hydrogen-bond donors (Lipinski definition) is 0. The molecular weight excluding hydrogens is 298 g/mol. The van der Waals surface area contributed by atoms with E-state index in [0.717, 1.165) is 17.9 Å². The van der Waals surface area contributed by atoms with Crippen LogP contribution >= 0.6 is 11.3 Å². The molecule has 0 radical (unpaired) electrons. The van der Waals surface area contributed by atoms with Crippen LogP contribution in [0.4, 0.5) is 0 Å². The summed E-state index contributed by atoms with van der Waals surface area (Å²) in [5.74, 6) is 1.77. The van der Waals surface area contributed by atoms with Crippen LogP contribution in [0.25, 0.3) is 0 Å². The number of likely N-dealkylation sites (tertiary alicyclic amines) is 1. The van der Waals surface area contributed by atoms with Gasteiger partial charge in [-0.3, -0.25) is 4.79 Å². The van der Waals surface area contributed by atoms with Gasteiger partial charge in [0.2, 0.25) is 5.91 Å². The number of nitrogens with zero attached hydrogens (tertiary/aromatic N) is 1. The molecule has 0 unspecified atom stereocenters. The molecule has 2 aromatic rings. The van der Waals surface area contributed by atoms with Crippen LogP contribution in [0.5, 0.6) is 11.5 Å². The topological polar surface area (TPSA) is 38.8 Å². The van der Waals surface area contributed by atoms with E-state index in [1.54, 1.807) is 18.4 Å². The molecule has 0 bridgehead atoms. The largest absolute Gasteiger partial charge is 0.497 e. The minimum Gasteiger partial charge on any atom is -0.497 e. The predicted octanol–water partition coefficient (Wildman–Crippen LogP) is 2.98. The predicted molar refractivity (Wildman–Crippen MR) is 86.6 cm³/mol. The molecule has 1 aliphatic rings. The fourth-order valence-corrected chi connectivity index (χ4v) is 3.14. The minimum absolute atomic E-state index is 0.0813. The number of thiophene rings is 1. The number of benzene rings is 1. The van der Waals surface area contributed by atoms with Crippen molar-refractivity contribution in [2.45, 2.75) is 18.9 Å². The first kappa shape index (κ1) is 14.9. The fourth-order valence-electron chi connectivity index (χ4n) is 2.43. The molecule has 0 spiro atoms. The molecule has 1 aromatic carbocycles. The lowest BCUT2D eigenvalue weighted by Crippen LogP contribution is -2.56. The Hall–Kier alpha value is -2.01. The number of ether oxygens (including phenoxy) is 2. The number of hydrogen-bond acceptors (Lipinski definition) is 4. The summed E-state index contributed by atoms with van der Waals surface area (Å²) in [4.78, 5) is 15.2. The Morgan fingerprint density at radius 1 is 1.27 bits per heavy atom. The van der Waals surface area contributed by atoms with Crippen LogP contribution in [0.2, 0.25) is 0 Å². The van der Waals surface area contributed by atoms with E-state index in [1.807, 2.05) is 40.6 Å². The minimum atomic E-state index is 0.0813. The molecule has 0 atom stereocenters. The quantitative estimate of drug-likeness (QED) is 0.822. The highest BCUT2D eigenvalue weighted by molar-refractivity contribution is 7.09. The highest BCUT2D eigenvalue weighted by Gasteiger charge is 2.31. The molecule has 4 nitrogen and oxygen atoms in total. The summed E-state index contributed by atoms with van der Waals surface area (Å²) in [5, 5.41) is 2.04. The van der Waals surface area contributed by atoms with Crippen molar-refractivity contribution in [3.05, 3.63) is 46.7 Å². The van der Waals surface area contributed by atoms with Gasteiger partial charge in [0.25, 0.3) is 0 Å². The highest BCUT2D eigenvalue weighted by Crippen LogP contribution is 2.23. The summed E-state index contributed by atoms with van der Waals surface area (Å²) in [5.41, 5.74) is 0. The molecule has 0 aliphatic carbocycles. The van der Waals surface area contributed by atoms with E-state index < -0.39 is 0 Å². The average Bonchev–Trinajstić information content (AvgIpc) is 3.01. The molecule has 5 heteroatoms. The fraction of sp³-hybridized carbons (Fsp3) is 0.353. The highest BCUT2D eigenvalue weighted by atomic mass is 32.1. The van der Waals surface area contributed by atoms with E-state index in [0.29, 0.717) is 19.5 Å². The third-order valence-electron chi connectivity index (χ3n) is 3.71. The molecule has 1 fully saturated rings. The maximum atomic E-state index is 12.1. The number of aryl methyl sites for hydroxylation is 1. The zero-order valence-corrected chi connectivity index (χ0v) is 13.3. The summed E-state index contributed by atoms with van der Waals surface area (Å²) >= 11 is 1.70. The zero-order valence-electron chi connectivity index (χ0n) is 12.5. The van der Waals surface area contributed by atoms with Crippen LogP contribution in [0.1, 0.15) is 11.3 Å². The summed E-state index contributed by atoms with van der Waals surface area (Å²) < 4.78 is 11.0. The maximum Gasteiger partial charge on any atom is 0.223 e. The van der Waals surface area contributed by atoms with Crippen molar-refractivity contribution in [1.82, 2.24) is 4.90 Å². The summed E-state index contributed by atoms with van der Waals surface area (Å²) in [6.07, 6.45) is 1.48. The Morgan fingerprint density at radius 3 is 2.82 bits per heavy atom. The normalized spacial score (nSPS) is 14.5. The van der Waals surface area contributed by atoms with E-state index in [1.165, 1.54) is 4.88 Å². The van der Waals surface area contributed by atoms with Gasteiger partial charge in [-0.05, 0) is 30.0 Å². The van der Waals surface area contributed by atoms with Crippen molar-refractivity contribution in [3.8, 4) is 11.5 Å². The molecule has 1 aliphatic heterocycles. The van der Waals surface area contributed by atoms with Gasteiger partial charge in [0.1, 0.15) is 17.6 Å². The number of carbonyl (C=O) groups excluding carboxylic acids is 1. The Balaban J connectivity index is 1.42. The molecule has 1 aromatic heterocycles. The van der Waals surface area contributed by atoms with Gasteiger partial charge >= 0.3 is 0 Å². The Labute approximate surface area is 134 Å². The molecule has 1 saturated heterocycles. The van der Waals surface area contributed by atoms with E-state index in [2.05, 4.69) is 6.07 Å². The van der Waals surface area contributed by atoms with Crippen LogP contribution in [0.3, 0.4) is 0 Å². The van der Waals surface area contributed by atoms with Gasteiger partial charge in [0.15, 0.2) is 0 Å². The molecule has 3 rings (SSSR count). The maximum absolute atomic E-state index is 12.1. The lowest BCUT2D eigenvalue weighted by atomic mass is 10.1. The number of methoxy groups -OCH3 is 1. The van der Waals surface area contributed by atoms with E-state index >= 15 is 0 Å². The van der Waals surface area contributed by atoms with Gasteiger partial charge in [-0.15, -0.1) is 11.3 Å². The van der Waals surface area contributed by atoms with Gasteiger partial charge < -0.3 is 14.4 Å². The van der Waals surface area contributed by atoms with Gasteiger partial charge in [-0.2, -0.15) is 0 Å². The lowest BCUT2D eigenvalue weighted by Gasteiger charge is -2.39. The van der Waals surface area contributed by atoms with Gasteiger partial charge in [-0.1, -0.05) is 12.1 Å². The standard InChI is InChI=1S/C17H19NO3S/c1-20-13-4-2-5-14(10-13)21-15-11-18(12-15)17(19)8-7-16-6-3-9-22-16/h2-6,9-10,15H,7-8,11-12H2,1H3. The van der Waals surface area contributed by atoms with E-state index in [-0.39, 0.29) is 12.0 Å². The van der Waals surface area contributed by atoms with Crippen LogP contribution in [-0.2, 0) is 11.2 Å². The summed E-state index contributed by atoms with van der Waals surface area (Å²) in [7, 11) is 1.64. The molecule has 116 valence electrons. The first-order valence-electron chi connectivity index (χ1n) is 7.35. The SMILES string of the molecule is COc1cccc(OC2CN(C(=O)CCc3cccs3)C2)c1. The Morgan fingerprint density at radius 2 is 2.09 bits per heavy atom.